The third-order valence-corrected chi connectivity index (χ3v) is 10.2. The highest BCUT2D eigenvalue weighted by atomic mass is 28.4. The fourth-order valence-corrected chi connectivity index (χ4v) is 8.62. The van der Waals surface area contributed by atoms with E-state index in [1.54, 1.807) is 0 Å². The van der Waals surface area contributed by atoms with Crippen LogP contribution in [0, 0.1) is 5.92 Å². The van der Waals surface area contributed by atoms with Crippen molar-refractivity contribution < 1.29 is 9.22 Å². The van der Waals surface area contributed by atoms with E-state index in [1.807, 2.05) is 13.8 Å². The van der Waals surface area contributed by atoms with E-state index in [0.29, 0.717) is 16.6 Å². The molecule has 0 aromatic rings. The second kappa shape index (κ2) is 6.69. The van der Waals surface area contributed by atoms with Gasteiger partial charge >= 0.3 is 0 Å². The molecule has 0 fully saturated rings. The second-order valence-corrected chi connectivity index (χ2v) is 11.5. The lowest BCUT2D eigenvalue weighted by Gasteiger charge is -2.44. The molecule has 0 heterocycles. The predicted octanol–water partition coefficient (Wildman–Crippen LogP) is 4.40. The standard InChI is InChI=1S/C14H30O2Si/c1-10(2)17(11(3)4,12(5)6)16-14(8)13(7)9-15/h9-14H,1-8H3/t13-,14-/m0/s1. The van der Waals surface area contributed by atoms with Gasteiger partial charge in [-0.15, -0.1) is 0 Å². The first-order valence-corrected chi connectivity index (χ1v) is 8.97. The van der Waals surface area contributed by atoms with Gasteiger partial charge in [0, 0.05) is 5.92 Å². The summed E-state index contributed by atoms with van der Waals surface area (Å²) in [4.78, 5) is 10.9. The fraction of sp³-hybridized carbons (Fsp3) is 0.929. The van der Waals surface area contributed by atoms with Gasteiger partial charge in [-0.3, -0.25) is 0 Å². The molecule has 0 saturated heterocycles. The molecule has 0 unspecified atom stereocenters. The Balaban J connectivity index is 5.12. The molecule has 0 amide bonds. The van der Waals surface area contributed by atoms with Crippen molar-refractivity contribution in [1.29, 1.82) is 0 Å². The lowest BCUT2D eigenvalue weighted by molar-refractivity contribution is -0.112. The predicted molar refractivity (Wildman–Crippen MR) is 76.8 cm³/mol. The molecule has 0 saturated carbocycles. The van der Waals surface area contributed by atoms with Crippen LogP contribution >= 0.6 is 0 Å². The van der Waals surface area contributed by atoms with Gasteiger partial charge in [0.15, 0.2) is 0 Å². The molecule has 2 atom stereocenters. The summed E-state index contributed by atoms with van der Waals surface area (Å²) >= 11 is 0. The van der Waals surface area contributed by atoms with Gasteiger partial charge in [-0.05, 0) is 23.5 Å². The van der Waals surface area contributed by atoms with Crippen molar-refractivity contribution in [2.45, 2.75) is 78.1 Å². The first kappa shape index (κ1) is 16.8. The Labute approximate surface area is 108 Å². The molecule has 0 spiro atoms. The fourth-order valence-electron chi connectivity index (χ4n) is 2.95. The van der Waals surface area contributed by atoms with Crippen molar-refractivity contribution in [3.8, 4) is 0 Å². The van der Waals surface area contributed by atoms with Crippen molar-refractivity contribution in [2.75, 3.05) is 0 Å². The van der Waals surface area contributed by atoms with E-state index in [0.717, 1.165) is 6.29 Å². The van der Waals surface area contributed by atoms with Gasteiger partial charge in [0.2, 0.25) is 8.32 Å². The van der Waals surface area contributed by atoms with E-state index in [-0.39, 0.29) is 12.0 Å². The van der Waals surface area contributed by atoms with E-state index >= 15 is 0 Å². The van der Waals surface area contributed by atoms with Crippen LogP contribution in [0.15, 0.2) is 0 Å². The molecule has 0 aromatic heterocycles. The van der Waals surface area contributed by atoms with Crippen molar-refractivity contribution in [3.05, 3.63) is 0 Å². The minimum absolute atomic E-state index is 0.0156. The minimum atomic E-state index is -1.83. The number of rotatable bonds is 7. The largest absolute Gasteiger partial charge is 0.413 e. The lowest BCUT2D eigenvalue weighted by atomic mass is 10.1. The number of aldehydes is 1. The first-order valence-electron chi connectivity index (χ1n) is 6.83. The van der Waals surface area contributed by atoms with Gasteiger partial charge in [0.25, 0.3) is 0 Å². The molecular formula is C14H30O2Si. The van der Waals surface area contributed by atoms with Gasteiger partial charge < -0.3 is 9.22 Å². The van der Waals surface area contributed by atoms with E-state index in [2.05, 4.69) is 41.5 Å². The molecule has 3 heteroatoms. The molecule has 102 valence electrons. The summed E-state index contributed by atoms with van der Waals surface area (Å²) in [7, 11) is -1.83. The zero-order valence-electron chi connectivity index (χ0n) is 12.8. The van der Waals surface area contributed by atoms with Crippen LogP contribution in [0.4, 0.5) is 0 Å². The molecule has 0 rings (SSSR count). The Morgan fingerprint density at radius 1 is 0.824 bits per heavy atom. The molecule has 0 bridgehead atoms. The molecule has 0 radical (unpaired) electrons. The van der Waals surface area contributed by atoms with Gasteiger partial charge in [0.1, 0.15) is 6.29 Å². The topological polar surface area (TPSA) is 26.3 Å². The number of carbonyl (C=O) groups is 1. The highest BCUT2D eigenvalue weighted by Gasteiger charge is 2.46. The maximum atomic E-state index is 10.9. The van der Waals surface area contributed by atoms with Crippen LogP contribution in [-0.4, -0.2) is 20.7 Å². The zero-order valence-corrected chi connectivity index (χ0v) is 13.8. The van der Waals surface area contributed by atoms with Crippen molar-refractivity contribution in [2.24, 2.45) is 5.92 Å². The number of hydrogen-bond donors (Lipinski definition) is 0. The zero-order chi connectivity index (χ0) is 13.8. The molecular weight excluding hydrogens is 228 g/mol. The Morgan fingerprint density at radius 2 is 1.18 bits per heavy atom. The van der Waals surface area contributed by atoms with Gasteiger partial charge in [-0.25, -0.2) is 0 Å². The molecule has 17 heavy (non-hydrogen) atoms. The van der Waals surface area contributed by atoms with Gasteiger partial charge in [-0.2, -0.15) is 0 Å². The molecule has 0 N–H and O–H groups in total. The summed E-state index contributed by atoms with van der Waals surface area (Å²) in [6.45, 7) is 17.6. The summed E-state index contributed by atoms with van der Waals surface area (Å²) in [6.07, 6.45) is 1.04. The normalized spacial score (nSPS) is 16.6. The van der Waals surface area contributed by atoms with Crippen LogP contribution in [0.2, 0.25) is 16.6 Å². The average molecular weight is 258 g/mol. The Morgan fingerprint density at radius 3 is 1.41 bits per heavy atom. The first-order chi connectivity index (χ1) is 7.70. The van der Waals surface area contributed by atoms with E-state index in [9.17, 15) is 4.79 Å². The summed E-state index contributed by atoms with van der Waals surface area (Å²) in [5, 5.41) is 0. The van der Waals surface area contributed by atoms with Crippen LogP contribution in [-0.2, 0) is 9.22 Å². The van der Waals surface area contributed by atoms with Gasteiger partial charge in [-0.1, -0.05) is 48.5 Å². The smallest absolute Gasteiger partial charge is 0.200 e. The third kappa shape index (κ3) is 3.65. The monoisotopic (exact) mass is 258 g/mol. The molecule has 0 aliphatic rings. The second-order valence-electron chi connectivity index (χ2n) is 6.14. The maximum absolute atomic E-state index is 10.9. The summed E-state index contributed by atoms with van der Waals surface area (Å²) in [6, 6.07) is 0. The summed E-state index contributed by atoms with van der Waals surface area (Å²) < 4.78 is 6.48. The van der Waals surface area contributed by atoms with Crippen LogP contribution in [0.5, 0.6) is 0 Å². The number of carbonyl (C=O) groups excluding carboxylic acids is 1. The van der Waals surface area contributed by atoms with Crippen LogP contribution in [0.25, 0.3) is 0 Å². The van der Waals surface area contributed by atoms with Gasteiger partial charge in [0.05, 0.1) is 6.10 Å². The van der Waals surface area contributed by atoms with E-state index in [4.69, 9.17) is 4.43 Å². The molecule has 0 aromatic carbocycles. The lowest BCUT2D eigenvalue weighted by Crippen LogP contribution is -2.50. The molecule has 2 nitrogen and oxygen atoms in total. The van der Waals surface area contributed by atoms with Crippen molar-refractivity contribution in [3.63, 3.8) is 0 Å². The van der Waals surface area contributed by atoms with Crippen LogP contribution in [0.3, 0.4) is 0 Å². The molecule has 0 aliphatic carbocycles. The maximum Gasteiger partial charge on any atom is 0.200 e. The highest BCUT2D eigenvalue weighted by molar-refractivity contribution is 6.77. The van der Waals surface area contributed by atoms with Crippen molar-refractivity contribution >= 4 is 14.6 Å². The Bertz CT molecular complexity index is 215. The third-order valence-electron chi connectivity index (χ3n) is 4.05. The van der Waals surface area contributed by atoms with Crippen molar-refractivity contribution in [1.82, 2.24) is 0 Å². The molecule has 0 aliphatic heterocycles. The Kier molecular flexibility index (Phi) is 6.63. The summed E-state index contributed by atoms with van der Waals surface area (Å²) in [5.41, 5.74) is 1.72. The summed E-state index contributed by atoms with van der Waals surface area (Å²) in [5.74, 6) is -0.0156. The van der Waals surface area contributed by atoms with Crippen LogP contribution < -0.4 is 0 Å². The van der Waals surface area contributed by atoms with E-state index in [1.165, 1.54) is 0 Å². The Hall–Kier alpha value is -0.153. The van der Waals surface area contributed by atoms with Crippen LogP contribution in [0.1, 0.15) is 55.4 Å². The SMILES string of the molecule is CC(C)[Si](O[C@@H](C)[C@@H](C)C=O)(C(C)C)C(C)C. The minimum Gasteiger partial charge on any atom is -0.413 e. The average Bonchev–Trinajstić information content (AvgIpc) is 2.22. The number of hydrogen-bond acceptors (Lipinski definition) is 2. The quantitative estimate of drug-likeness (QED) is 0.500. The highest BCUT2D eigenvalue weighted by Crippen LogP contribution is 2.43. The van der Waals surface area contributed by atoms with E-state index < -0.39 is 8.32 Å².